The van der Waals surface area contributed by atoms with Crippen molar-refractivity contribution in [2.24, 2.45) is 5.92 Å². The first-order chi connectivity index (χ1) is 18.1. The third-order valence-corrected chi connectivity index (χ3v) is 8.66. The highest BCUT2D eigenvalue weighted by Crippen LogP contribution is 2.36. The monoisotopic (exact) mass is 545 g/mol. The Morgan fingerprint density at radius 3 is 2.79 bits per heavy atom. The molecule has 0 spiro atoms. The van der Waals surface area contributed by atoms with Crippen LogP contribution in [0.4, 0.5) is 20.3 Å². The van der Waals surface area contributed by atoms with Crippen molar-refractivity contribution in [1.29, 1.82) is 0 Å². The third kappa shape index (κ3) is 4.92. The summed E-state index contributed by atoms with van der Waals surface area (Å²) in [7, 11) is 3.00. The molecule has 12 heteroatoms. The van der Waals surface area contributed by atoms with Crippen LogP contribution in [-0.4, -0.2) is 72.7 Å². The summed E-state index contributed by atoms with van der Waals surface area (Å²) < 4.78 is 34.1. The van der Waals surface area contributed by atoms with Gasteiger partial charge >= 0.3 is 0 Å². The Kier molecular flexibility index (Phi) is 7.23. The number of nitrogen functional groups attached to an aromatic ring is 1. The number of hydrogen-bond acceptors (Lipinski definition) is 9. The van der Waals surface area contributed by atoms with E-state index in [1.165, 1.54) is 18.4 Å². The lowest BCUT2D eigenvalue weighted by molar-refractivity contribution is -0.107. The number of thiophene rings is 1. The molecule has 9 nitrogen and oxygen atoms in total. The molecule has 38 heavy (non-hydrogen) atoms. The molecule has 4 heterocycles. The summed E-state index contributed by atoms with van der Waals surface area (Å²) in [5, 5.41) is 6.90. The van der Waals surface area contributed by atoms with Gasteiger partial charge in [0.1, 0.15) is 28.0 Å². The van der Waals surface area contributed by atoms with Crippen molar-refractivity contribution in [1.82, 2.24) is 25.6 Å². The second-order valence-electron chi connectivity index (χ2n) is 10.2. The van der Waals surface area contributed by atoms with E-state index in [0.717, 1.165) is 28.8 Å². The average molecular weight is 546 g/mol. The smallest absolute Gasteiger partial charge is 0.276 e. The summed E-state index contributed by atoms with van der Waals surface area (Å²) in [5.74, 6) is -2.66. The largest absolute Gasteiger partial charge is 0.397 e. The number of methoxy groups -OCH3 is 1. The van der Waals surface area contributed by atoms with E-state index < -0.39 is 18.4 Å². The maximum atomic E-state index is 14.7. The van der Waals surface area contributed by atoms with Crippen LogP contribution in [0.1, 0.15) is 38.9 Å². The molecule has 0 bridgehead atoms. The minimum atomic E-state index is -2.93. The highest BCUT2D eigenvalue weighted by atomic mass is 32.1. The number of fused-ring (bicyclic) bond motifs is 2. The molecule has 0 radical (unpaired) electrons. The first kappa shape index (κ1) is 26.6. The number of aromatic nitrogens is 3. The van der Waals surface area contributed by atoms with Crippen molar-refractivity contribution < 1.29 is 18.3 Å². The van der Waals surface area contributed by atoms with Gasteiger partial charge in [-0.15, -0.1) is 11.3 Å². The Morgan fingerprint density at radius 1 is 1.26 bits per heavy atom. The second-order valence-corrected chi connectivity index (χ2v) is 11.2. The summed E-state index contributed by atoms with van der Waals surface area (Å²) >= 11 is 1.28. The Hall–Kier alpha value is -2.96. The molecule has 204 valence electrons. The predicted octanol–water partition coefficient (Wildman–Crippen LogP) is 2.88. The lowest BCUT2D eigenvalue weighted by Crippen LogP contribution is -2.45. The maximum Gasteiger partial charge on any atom is 0.276 e. The van der Waals surface area contributed by atoms with E-state index in [9.17, 15) is 13.6 Å². The average Bonchev–Trinajstić information content (AvgIpc) is 3.45. The Bertz CT molecular complexity index is 1370. The van der Waals surface area contributed by atoms with E-state index in [1.807, 2.05) is 30.9 Å². The number of hydrogen-bond donors (Lipinski definition) is 3. The summed E-state index contributed by atoms with van der Waals surface area (Å²) in [6.07, 6.45) is 2.06. The third-order valence-electron chi connectivity index (χ3n) is 7.57. The molecule has 3 aromatic heterocycles. The molecule has 2 aliphatic rings. The highest BCUT2D eigenvalue weighted by molar-refractivity contribution is 7.21. The number of rotatable bonds is 7. The maximum absolute atomic E-state index is 14.7. The zero-order valence-electron chi connectivity index (χ0n) is 22.0. The van der Waals surface area contributed by atoms with Crippen molar-refractivity contribution in [3.8, 4) is 0 Å². The molecule has 3 aromatic rings. The molecule has 1 fully saturated rings. The number of nitrogens with zero attached hydrogens (tertiary/aromatic N) is 4. The molecular weight excluding hydrogens is 512 g/mol. The van der Waals surface area contributed by atoms with Gasteiger partial charge < -0.3 is 26.0 Å². The quantitative estimate of drug-likeness (QED) is 0.415. The van der Waals surface area contributed by atoms with Crippen LogP contribution in [0.5, 0.6) is 0 Å². The Balaban J connectivity index is 1.27. The van der Waals surface area contributed by atoms with Crippen molar-refractivity contribution in [3.05, 3.63) is 39.8 Å². The second kappa shape index (κ2) is 10.3. The van der Waals surface area contributed by atoms with E-state index in [2.05, 4.69) is 20.6 Å². The van der Waals surface area contributed by atoms with Gasteiger partial charge in [0.15, 0.2) is 0 Å². The standard InChI is InChI=1S/C26H33F2N7O2S/c1-13-21-22(29)23(38-25(21)32-14(2)31-13)24(36)33-16-6-7-18-15(9-16)5-8-20(34-18)35-10-17(19(11-35)30-3)26(27,28)12-37-4/h5,8,16-17,19,30H,6-7,9-12,29H2,1-4H3,(H,33,36). The summed E-state index contributed by atoms with van der Waals surface area (Å²) in [5.41, 5.74) is 9.50. The molecule has 0 saturated carbocycles. The number of anilines is 2. The van der Waals surface area contributed by atoms with Crippen LogP contribution in [0.3, 0.4) is 0 Å². The minimum absolute atomic E-state index is 0.0567. The van der Waals surface area contributed by atoms with Crippen LogP contribution >= 0.6 is 11.3 Å². The molecular formula is C26H33F2N7O2S. The van der Waals surface area contributed by atoms with Crippen LogP contribution in [-0.2, 0) is 17.6 Å². The molecule has 3 atom stereocenters. The van der Waals surface area contributed by atoms with Crippen molar-refractivity contribution in [2.45, 2.75) is 51.1 Å². The normalized spacial score (nSPS) is 21.6. The first-order valence-corrected chi connectivity index (χ1v) is 13.5. The number of halogens is 2. The van der Waals surface area contributed by atoms with E-state index >= 15 is 0 Å². The molecule has 4 N–H and O–H groups in total. The van der Waals surface area contributed by atoms with Crippen LogP contribution in [0, 0.1) is 19.8 Å². The molecule has 1 aliphatic carbocycles. The van der Waals surface area contributed by atoms with Gasteiger partial charge in [-0.25, -0.2) is 23.7 Å². The number of amides is 1. The van der Waals surface area contributed by atoms with Gasteiger partial charge in [0, 0.05) is 38.0 Å². The summed E-state index contributed by atoms with van der Waals surface area (Å²) in [4.78, 5) is 29.9. The molecule has 1 saturated heterocycles. The molecule has 5 rings (SSSR count). The molecule has 1 aliphatic heterocycles. The number of pyridine rings is 1. The number of ether oxygens (including phenoxy) is 1. The number of carbonyl (C=O) groups is 1. The van der Waals surface area contributed by atoms with Gasteiger partial charge in [-0.05, 0) is 51.8 Å². The van der Waals surface area contributed by atoms with Gasteiger partial charge in [0.05, 0.1) is 22.7 Å². The zero-order chi connectivity index (χ0) is 27.2. The lowest BCUT2D eigenvalue weighted by atomic mass is 9.91. The predicted molar refractivity (Wildman–Crippen MR) is 144 cm³/mol. The Labute approximate surface area is 224 Å². The number of alkyl halides is 2. The topological polar surface area (TPSA) is 118 Å². The fourth-order valence-electron chi connectivity index (χ4n) is 5.66. The molecule has 1 amide bonds. The lowest BCUT2D eigenvalue weighted by Gasteiger charge is -2.27. The van der Waals surface area contributed by atoms with Crippen LogP contribution < -0.4 is 21.3 Å². The van der Waals surface area contributed by atoms with Crippen LogP contribution in [0.15, 0.2) is 12.1 Å². The first-order valence-electron chi connectivity index (χ1n) is 12.7. The number of nitrogens with one attached hydrogen (secondary N) is 2. The summed E-state index contributed by atoms with van der Waals surface area (Å²) in [6, 6.07) is 3.47. The molecule has 3 unspecified atom stereocenters. The van der Waals surface area contributed by atoms with Crippen LogP contribution in [0.2, 0.25) is 0 Å². The van der Waals surface area contributed by atoms with Crippen LogP contribution in [0.25, 0.3) is 10.2 Å². The fourth-order valence-corrected chi connectivity index (χ4v) is 6.75. The van der Waals surface area contributed by atoms with Crippen molar-refractivity contribution in [3.63, 3.8) is 0 Å². The SMILES string of the molecule is CNC1CN(c2ccc3c(n2)CCC(NC(=O)c2sc4nc(C)nc(C)c4c2N)C3)CC1C(F)(F)COC. The summed E-state index contributed by atoms with van der Waals surface area (Å²) in [6.45, 7) is 3.73. The van der Waals surface area contributed by atoms with E-state index in [-0.39, 0.29) is 24.5 Å². The Morgan fingerprint density at radius 2 is 2.05 bits per heavy atom. The van der Waals surface area contributed by atoms with E-state index in [0.29, 0.717) is 46.4 Å². The van der Waals surface area contributed by atoms with E-state index in [1.54, 1.807) is 7.05 Å². The number of nitrogens with two attached hydrogens (primary N) is 1. The highest BCUT2D eigenvalue weighted by Gasteiger charge is 2.49. The fraction of sp³-hybridized carbons (Fsp3) is 0.538. The number of aryl methyl sites for hydroxylation is 3. The van der Waals surface area contributed by atoms with E-state index in [4.69, 9.17) is 15.5 Å². The number of likely N-dealkylation sites (N-methyl/N-ethyl adjacent to an activating group) is 1. The number of carbonyl (C=O) groups excluding carboxylic acids is 1. The minimum Gasteiger partial charge on any atom is -0.397 e. The van der Waals surface area contributed by atoms with Crippen molar-refractivity contribution in [2.75, 3.05) is 44.5 Å². The van der Waals surface area contributed by atoms with Gasteiger partial charge in [0.25, 0.3) is 11.8 Å². The zero-order valence-corrected chi connectivity index (χ0v) is 22.8. The molecule has 0 aromatic carbocycles. The van der Waals surface area contributed by atoms with Gasteiger partial charge in [-0.3, -0.25) is 4.79 Å². The van der Waals surface area contributed by atoms with Crippen molar-refractivity contribution >= 4 is 39.0 Å². The van der Waals surface area contributed by atoms with Gasteiger partial charge in [-0.1, -0.05) is 6.07 Å². The van der Waals surface area contributed by atoms with Gasteiger partial charge in [0.2, 0.25) is 0 Å². The van der Waals surface area contributed by atoms with Gasteiger partial charge in [-0.2, -0.15) is 0 Å².